The van der Waals surface area contributed by atoms with Crippen molar-refractivity contribution in [1.29, 1.82) is 0 Å². The van der Waals surface area contributed by atoms with Gasteiger partial charge in [0.2, 0.25) is 5.91 Å². The highest BCUT2D eigenvalue weighted by atomic mass is 16.3. The van der Waals surface area contributed by atoms with E-state index in [2.05, 4.69) is 0 Å². The third-order valence-corrected chi connectivity index (χ3v) is 2.60. The number of rotatable bonds is 2. The lowest BCUT2D eigenvalue weighted by Gasteiger charge is -2.39. The molecule has 0 saturated heterocycles. The Morgan fingerprint density at radius 1 is 1.20 bits per heavy atom. The molecule has 0 bridgehead atoms. The van der Waals surface area contributed by atoms with Gasteiger partial charge in [0.05, 0.1) is 12.6 Å². The van der Waals surface area contributed by atoms with Crippen LogP contribution >= 0.6 is 0 Å². The number of aliphatic hydroxyl groups is 1. The largest absolute Gasteiger partial charge is 0.394 e. The first-order valence-electron chi connectivity index (χ1n) is 5.40. The summed E-state index contributed by atoms with van der Waals surface area (Å²) in [6, 6.07) is -0.135. The van der Waals surface area contributed by atoms with Crippen molar-refractivity contribution in [2.24, 2.45) is 10.8 Å². The van der Waals surface area contributed by atoms with Crippen molar-refractivity contribution in [3.8, 4) is 0 Å². The van der Waals surface area contributed by atoms with Crippen LogP contribution in [0.4, 0.5) is 0 Å². The van der Waals surface area contributed by atoms with Crippen LogP contribution in [0.15, 0.2) is 0 Å². The molecule has 0 saturated carbocycles. The molecule has 15 heavy (non-hydrogen) atoms. The molecule has 1 atom stereocenters. The molecule has 0 unspecified atom stereocenters. The second-order valence-corrected chi connectivity index (χ2v) is 6.23. The molecule has 0 heterocycles. The zero-order valence-corrected chi connectivity index (χ0v) is 11.1. The molecule has 1 N–H and O–H groups in total. The second kappa shape index (κ2) is 4.52. The van der Waals surface area contributed by atoms with Gasteiger partial charge in [0.15, 0.2) is 0 Å². The summed E-state index contributed by atoms with van der Waals surface area (Å²) in [6.45, 7) is 11.8. The molecule has 0 fully saturated rings. The van der Waals surface area contributed by atoms with Gasteiger partial charge in [-0.25, -0.2) is 0 Å². The van der Waals surface area contributed by atoms with Gasteiger partial charge in [0, 0.05) is 12.5 Å². The van der Waals surface area contributed by atoms with Gasteiger partial charge in [-0.2, -0.15) is 0 Å². The SMILES string of the molecule is CN(C(=O)C(C)(C)C)[C@H](CO)C(C)(C)C. The predicted molar refractivity (Wildman–Crippen MR) is 62.6 cm³/mol. The van der Waals surface area contributed by atoms with Crippen molar-refractivity contribution in [3.63, 3.8) is 0 Å². The fourth-order valence-electron chi connectivity index (χ4n) is 1.65. The summed E-state index contributed by atoms with van der Waals surface area (Å²) in [5.41, 5.74) is -0.502. The Bertz CT molecular complexity index is 223. The van der Waals surface area contributed by atoms with Crippen LogP contribution < -0.4 is 0 Å². The normalized spacial score (nSPS) is 14.9. The molecular formula is C12H25NO2. The van der Waals surface area contributed by atoms with Crippen LogP contribution in [0.3, 0.4) is 0 Å². The minimum atomic E-state index is -0.395. The van der Waals surface area contributed by atoms with Gasteiger partial charge in [-0.05, 0) is 5.41 Å². The quantitative estimate of drug-likeness (QED) is 0.764. The standard InChI is InChI=1S/C12H25NO2/c1-11(2,3)9(8-14)13(7)10(15)12(4,5)6/h9,14H,8H2,1-7H3/t9-/m1/s1. The summed E-state index contributed by atoms with van der Waals surface area (Å²) in [7, 11) is 1.76. The zero-order valence-electron chi connectivity index (χ0n) is 11.1. The van der Waals surface area contributed by atoms with Crippen molar-refractivity contribution >= 4 is 5.91 Å². The Balaban J connectivity index is 4.83. The van der Waals surface area contributed by atoms with E-state index in [1.54, 1.807) is 11.9 Å². The molecule has 0 aliphatic carbocycles. The van der Waals surface area contributed by atoms with Gasteiger partial charge in [-0.1, -0.05) is 41.5 Å². The van der Waals surface area contributed by atoms with E-state index < -0.39 is 5.41 Å². The number of nitrogens with zero attached hydrogens (tertiary/aromatic N) is 1. The van der Waals surface area contributed by atoms with Crippen molar-refractivity contribution in [2.45, 2.75) is 47.6 Å². The molecule has 90 valence electrons. The molecule has 0 radical (unpaired) electrons. The summed E-state index contributed by atoms with van der Waals surface area (Å²) in [4.78, 5) is 13.7. The van der Waals surface area contributed by atoms with Crippen molar-refractivity contribution < 1.29 is 9.90 Å². The Morgan fingerprint density at radius 2 is 1.60 bits per heavy atom. The molecule has 0 aliphatic rings. The van der Waals surface area contributed by atoms with E-state index in [4.69, 9.17) is 0 Å². The van der Waals surface area contributed by atoms with E-state index in [-0.39, 0.29) is 24.0 Å². The minimum Gasteiger partial charge on any atom is -0.394 e. The lowest BCUT2D eigenvalue weighted by Crippen LogP contribution is -2.50. The third kappa shape index (κ3) is 3.82. The van der Waals surface area contributed by atoms with Crippen molar-refractivity contribution in [1.82, 2.24) is 4.90 Å². The fourth-order valence-corrected chi connectivity index (χ4v) is 1.65. The highest BCUT2D eigenvalue weighted by molar-refractivity contribution is 5.81. The third-order valence-electron chi connectivity index (χ3n) is 2.60. The maximum Gasteiger partial charge on any atom is 0.228 e. The van der Waals surface area contributed by atoms with Gasteiger partial charge in [0.25, 0.3) is 0 Å². The lowest BCUT2D eigenvalue weighted by atomic mass is 9.84. The summed E-state index contributed by atoms with van der Waals surface area (Å²) < 4.78 is 0. The molecule has 0 aromatic carbocycles. The fraction of sp³-hybridized carbons (Fsp3) is 0.917. The summed E-state index contributed by atoms with van der Waals surface area (Å²) in [5.74, 6) is 0.0662. The number of likely N-dealkylation sites (N-methyl/N-ethyl adjacent to an activating group) is 1. The molecule has 0 rings (SSSR count). The van der Waals surface area contributed by atoms with Gasteiger partial charge >= 0.3 is 0 Å². The Hall–Kier alpha value is -0.570. The zero-order chi connectivity index (χ0) is 12.4. The molecule has 1 amide bonds. The van der Waals surface area contributed by atoms with Crippen molar-refractivity contribution in [3.05, 3.63) is 0 Å². The maximum absolute atomic E-state index is 12.0. The second-order valence-electron chi connectivity index (χ2n) is 6.23. The van der Waals surface area contributed by atoms with Crippen LogP contribution in [0.2, 0.25) is 0 Å². The van der Waals surface area contributed by atoms with E-state index in [0.29, 0.717) is 0 Å². The average Bonchev–Trinajstić information content (AvgIpc) is 1.99. The maximum atomic E-state index is 12.0. The molecule has 3 heteroatoms. The van der Waals surface area contributed by atoms with Crippen molar-refractivity contribution in [2.75, 3.05) is 13.7 Å². The molecule has 0 aliphatic heterocycles. The van der Waals surface area contributed by atoms with Gasteiger partial charge < -0.3 is 10.0 Å². The topological polar surface area (TPSA) is 40.5 Å². The Morgan fingerprint density at radius 3 is 1.80 bits per heavy atom. The van der Waals surface area contributed by atoms with Crippen LogP contribution in [0.5, 0.6) is 0 Å². The summed E-state index contributed by atoms with van der Waals surface area (Å²) in [6.07, 6.45) is 0. The van der Waals surface area contributed by atoms with Gasteiger partial charge in [0.1, 0.15) is 0 Å². The minimum absolute atomic E-state index is 0.00181. The molecule has 0 aromatic heterocycles. The number of hydrogen-bond acceptors (Lipinski definition) is 2. The van der Waals surface area contributed by atoms with Gasteiger partial charge in [-0.3, -0.25) is 4.79 Å². The summed E-state index contributed by atoms with van der Waals surface area (Å²) in [5, 5.41) is 9.35. The molecular weight excluding hydrogens is 190 g/mol. The smallest absolute Gasteiger partial charge is 0.228 e. The van der Waals surface area contributed by atoms with E-state index in [1.165, 1.54) is 0 Å². The first-order chi connectivity index (χ1) is 6.51. The van der Waals surface area contributed by atoms with Crippen LogP contribution in [-0.2, 0) is 4.79 Å². The van der Waals surface area contributed by atoms with Crippen LogP contribution in [0.25, 0.3) is 0 Å². The Kier molecular flexibility index (Phi) is 4.35. The van der Waals surface area contributed by atoms with Crippen LogP contribution in [0.1, 0.15) is 41.5 Å². The first-order valence-corrected chi connectivity index (χ1v) is 5.40. The monoisotopic (exact) mass is 215 g/mol. The average molecular weight is 215 g/mol. The number of carbonyl (C=O) groups excluding carboxylic acids is 1. The number of carbonyl (C=O) groups is 1. The van der Waals surface area contributed by atoms with E-state index in [1.807, 2.05) is 41.5 Å². The van der Waals surface area contributed by atoms with Crippen LogP contribution in [-0.4, -0.2) is 35.6 Å². The Labute approximate surface area is 93.5 Å². The highest BCUT2D eigenvalue weighted by Crippen LogP contribution is 2.26. The molecule has 0 aromatic rings. The predicted octanol–water partition coefficient (Wildman–Crippen LogP) is 1.90. The summed E-state index contributed by atoms with van der Waals surface area (Å²) >= 11 is 0. The number of hydrogen-bond donors (Lipinski definition) is 1. The van der Waals surface area contributed by atoms with E-state index in [0.717, 1.165) is 0 Å². The first kappa shape index (κ1) is 14.4. The van der Waals surface area contributed by atoms with Gasteiger partial charge in [-0.15, -0.1) is 0 Å². The van der Waals surface area contributed by atoms with E-state index in [9.17, 15) is 9.90 Å². The highest BCUT2D eigenvalue weighted by Gasteiger charge is 2.34. The van der Waals surface area contributed by atoms with E-state index >= 15 is 0 Å². The number of aliphatic hydroxyl groups excluding tert-OH is 1. The molecule has 0 spiro atoms. The lowest BCUT2D eigenvalue weighted by molar-refractivity contribution is -0.143. The molecule has 3 nitrogen and oxygen atoms in total. The number of amides is 1. The van der Waals surface area contributed by atoms with Crippen LogP contribution in [0, 0.1) is 10.8 Å².